The maximum Gasteiger partial charge on any atom is 0.416 e. The molecule has 0 fully saturated rings. The fraction of sp³-hybridized carbons (Fsp3) is 0.300. The zero-order valence-corrected chi connectivity index (χ0v) is 16.9. The molecule has 11 heteroatoms. The minimum atomic E-state index is -4.50. The number of nitrogens with zero attached hydrogens (tertiary/aromatic N) is 4. The molecule has 0 spiro atoms. The Morgan fingerprint density at radius 3 is 2.35 bits per heavy atom. The lowest BCUT2D eigenvalue weighted by molar-refractivity contribution is -0.137. The van der Waals surface area contributed by atoms with E-state index in [9.17, 15) is 27.9 Å². The predicted molar refractivity (Wildman–Crippen MR) is 106 cm³/mol. The molecule has 0 aliphatic carbocycles. The number of aromatic nitrogens is 4. The largest absolute Gasteiger partial charge is 0.416 e. The Morgan fingerprint density at radius 1 is 1.19 bits per heavy atom. The Labute approximate surface area is 174 Å². The van der Waals surface area contributed by atoms with E-state index in [0.29, 0.717) is 0 Å². The normalized spacial score (nSPS) is 12.1. The molecule has 3 aromatic rings. The van der Waals surface area contributed by atoms with Crippen LogP contribution in [0.4, 0.5) is 13.2 Å². The van der Waals surface area contributed by atoms with Crippen LogP contribution < -0.4 is 10.9 Å². The molecule has 164 valence electrons. The number of benzene rings is 1. The van der Waals surface area contributed by atoms with Gasteiger partial charge in [-0.25, -0.2) is 0 Å². The first-order valence-electron chi connectivity index (χ1n) is 9.17. The van der Waals surface area contributed by atoms with Crippen molar-refractivity contribution in [2.75, 3.05) is 6.54 Å². The van der Waals surface area contributed by atoms with E-state index in [4.69, 9.17) is 0 Å². The monoisotopic (exact) mass is 435 g/mol. The first kappa shape index (κ1) is 22.2. The van der Waals surface area contributed by atoms with Gasteiger partial charge in [-0.3, -0.25) is 14.3 Å². The van der Waals surface area contributed by atoms with E-state index < -0.39 is 28.8 Å². The quantitative estimate of drug-likeness (QED) is 0.640. The molecule has 0 bridgehead atoms. The lowest BCUT2D eigenvalue weighted by atomic mass is 10.1. The number of alkyl halides is 3. The van der Waals surface area contributed by atoms with Crippen molar-refractivity contribution in [1.29, 1.82) is 0 Å². The highest BCUT2D eigenvalue weighted by molar-refractivity contribution is 5.94. The number of aliphatic hydroxyl groups is 1. The molecular formula is C20H20F3N5O3. The molecule has 0 radical (unpaired) electrons. The van der Waals surface area contributed by atoms with Gasteiger partial charge in [0.05, 0.1) is 29.3 Å². The number of carbonyl (C=O) groups is 1. The van der Waals surface area contributed by atoms with Crippen molar-refractivity contribution in [3.05, 3.63) is 64.2 Å². The van der Waals surface area contributed by atoms with Gasteiger partial charge in [-0.2, -0.15) is 28.1 Å². The summed E-state index contributed by atoms with van der Waals surface area (Å²) < 4.78 is 41.0. The van der Waals surface area contributed by atoms with Crippen LogP contribution in [0.2, 0.25) is 0 Å². The van der Waals surface area contributed by atoms with Crippen molar-refractivity contribution in [2.24, 2.45) is 7.05 Å². The SMILES string of the molecule is Cn1cc(-n2nc(-c3ccc(C(F)(F)F)cc3)cc(C(=O)NCC(C)(C)O)c2=O)cn1. The van der Waals surface area contributed by atoms with Crippen molar-refractivity contribution in [3.63, 3.8) is 0 Å². The minimum Gasteiger partial charge on any atom is -0.389 e. The second-order valence-electron chi connectivity index (χ2n) is 7.60. The average molecular weight is 435 g/mol. The molecule has 0 saturated heterocycles. The van der Waals surface area contributed by atoms with Gasteiger partial charge in [0.1, 0.15) is 11.3 Å². The molecule has 2 aromatic heterocycles. The van der Waals surface area contributed by atoms with Crippen molar-refractivity contribution in [1.82, 2.24) is 24.9 Å². The van der Waals surface area contributed by atoms with Crippen LogP contribution in [-0.4, -0.2) is 42.7 Å². The predicted octanol–water partition coefficient (Wildman–Crippen LogP) is 2.15. The molecule has 8 nitrogen and oxygen atoms in total. The van der Waals surface area contributed by atoms with E-state index in [-0.39, 0.29) is 29.1 Å². The van der Waals surface area contributed by atoms with Crippen molar-refractivity contribution in [3.8, 4) is 16.9 Å². The minimum absolute atomic E-state index is 0.115. The van der Waals surface area contributed by atoms with Crippen LogP contribution in [0, 0.1) is 0 Å². The maximum absolute atomic E-state index is 12.9. The highest BCUT2D eigenvalue weighted by Crippen LogP contribution is 2.30. The van der Waals surface area contributed by atoms with E-state index >= 15 is 0 Å². The van der Waals surface area contributed by atoms with Crippen LogP contribution in [0.3, 0.4) is 0 Å². The molecule has 0 aliphatic rings. The molecule has 0 unspecified atom stereocenters. The van der Waals surface area contributed by atoms with Crippen LogP contribution in [0.25, 0.3) is 16.9 Å². The van der Waals surface area contributed by atoms with Gasteiger partial charge in [-0.05, 0) is 32.0 Å². The fourth-order valence-corrected chi connectivity index (χ4v) is 2.71. The average Bonchev–Trinajstić information content (AvgIpc) is 3.11. The lowest BCUT2D eigenvalue weighted by Gasteiger charge is -2.18. The van der Waals surface area contributed by atoms with Crippen LogP contribution in [-0.2, 0) is 13.2 Å². The summed E-state index contributed by atoms with van der Waals surface area (Å²) in [6.45, 7) is 2.86. The zero-order chi connectivity index (χ0) is 23.0. The lowest BCUT2D eigenvalue weighted by Crippen LogP contribution is -2.41. The topological polar surface area (TPSA) is 102 Å². The van der Waals surface area contributed by atoms with Gasteiger partial charge in [-0.1, -0.05) is 12.1 Å². The van der Waals surface area contributed by atoms with Gasteiger partial charge in [-0.15, -0.1) is 0 Å². The van der Waals surface area contributed by atoms with E-state index in [1.165, 1.54) is 49.1 Å². The number of carbonyl (C=O) groups excluding carboxylic acids is 1. The van der Waals surface area contributed by atoms with Gasteiger partial charge in [0.2, 0.25) is 0 Å². The number of rotatable bonds is 5. The van der Waals surface area contributed by atoms with E-state index in [2.05, 4.69) is 15.5 Å². The summed E-state index contributed by atoms with van der Waals surface area (Å²) in [4.78, 5) is 25.5. The Morgan fingerprint density at radius 2 is 1.84 bits per heavy atom. The smallest absolute Gasteiger partial charge is 0.389 e. The van der Waals surface area contributed by atoms with Crippen LogP contribution in [0.15, 0.2) is 47.5 Å². The standard InChI is InChI=1S/C20H20F3N5O3/c1-19(2,31)11-24-17(29)15-8-16(12-4-6-13(7-5-12)20(21,22)23)26-28(18(15)30)14-9-25-27(3)10-14/h4-10,31H,11H2,1-3H3,(H,24,29). The van der Waals surface area contributed by atoms with Crippen molar-refractivity contribution in [2.45, 2.75) is 25.6 Å². The number of hydrogen-bond acceptors (Lipinski definition) is 5. The molecule has 1 amide bonds. The Bertz CT molecular complexity index is 1160. The Hall–Kier alpha value is -3.47. The Balaban J connectivity index is 2.11. The summed E-state index contributed by atoms with van der Waals surface area (Å²) in [5.74, 6) is -0.750. The van der Waals surface area contributed by atoms with Gasteiger partial charge in [0.15, 0.2) is 0 Å². The van der Waals surface area contributed by atoms with Crippen LogP contribution >= 0.6 is 0 Å². The maximum atomic E-state index is 12.9. The number of hydrogen-bond donors (Lipinski definition) is 2. The van der Waals surface area contributed by atoms with Crippen molar-refractivity contribution >= 4 is 5.91 Å². The van der Waals surface area contributed by atoms with Crippen molar-refractivity contribution < 1.29 is 23.1 Å². The first-order valence-corrected chi connectivity index (χ1v) is 9.17. The summed E-state index contributed by atoms with van der Waals surface area (Å²) in [5, 5.41) is 20.5. The number of amides is 1. The van der Waals surface area contributed by atoms with E-state index in [1.54, 1.807) is 7.05 Å². The van der Waals surface area contributed by atoms with Crippen LogP contribution in [0.5, 0.6) is 0 Å². The first-order chi connectivity index (χ1) is 14.3. The zero-order valence-electron chi connectivity index (χ0n) is 16.9. The molecule has 0 atom stereocenters. The van der Waals surface area contributed by atoms with Gasteiger partial charge < -0.3 is 10.4 Å². The van der Waals surface area contributed by atoms with Gasteiger partial charge in [0, 0.05) is 19.2 Å². The van der Waals surface area contributed by atoms with Gasteiger partial charge >= 0.3 is 6.18 Å². The molecular weight excluding hydrogens is 415 g/mol. The molecule has 31 heavy (non-hydrogen) atoms. The molecule has 2 heterocycles. The third-order valence-corrected chi connectivity index (χ3v) is 4.28. The second kappa shape index (κ2) is 7.99. The van der Waals surface area contributed by atoms with E-state index in [1.807, 2.05) is 0 Å². The second-order valence-corrected chi connectivity index (χ2v) is 7.60. The highest BCUT2D eigenvalue weighted by Gasteiger charge is 2.30. The summed E-state index contributed by atoms with van der Waals surface area (Å²) in [7, 11) is 1.63. The number of nitrogens with one attached hydrogen (secondary N) is 1. The summed E-state index contributed by atoms with van der Waals surface area (Å²) >= 11 is 0. The number of halogens is 3. The molecule has 2 N–H and O–H groups in total. The summed E-state index contributed by atoms with van der Waals surface area (Å²) in [6.07, 6.45) is -1.63. The number of aryl methyl sites for hydroxylation is 1. The Kier molecular flexibility index (Phi) is 5.72. The third-order valence-electron chi connectivity index (χ3n) is 4.28. The highest BCUT2D eigenvalue weighted by atomic mass is 19.4. The molecule has 0 aliphatic heterocycles. The molecule has 1 aromatic carbocycles. The fourth-order valence-electron chi connectivity index (χ4n) is 2.71. The summed E-state index contributed by atoms with van der Waals surface area (Å²) in [6, 6.07) is 5.41. The summed E-state index contributed by atoms with van der Waals surface area (Å²) in [5.41, 5.74) is -2.39. The molecule has 3 rings (SSSR count). The third kappa shape index (κ3) is 5.18. The van der Waals surface area contributed by atoms with Gasteiger partial charge in [0.25, 0.3) is 11.5 Å². The van der Waals surface area contributed by atoms with Crippen LogP contribution in [0.1, 0.15) is 29.8 Å². The molecule has 0 saturated carbocycles. The van der Waals surface area contributed by atoms with E-state index in [0.717, 1.165) is 16.8 Å².